The minimum absolute atomic E-state index is 0.0864. The average molecular weight is 427 g/mol. The second-order valence-corrected chi connectivity index (χ2v) is 7.57. The Morgan fingerprint density at radius 3 is 2.20 bits per heavy atom. The number of carboxylic acids is 1. The van der Waals surface area contributed by atoms with E-state index in [4.69, 9.17) is 16.6 Å². The molecule has 12 heteroatoms. The normalized spacial score (nSPS) is 23.1. The molecule has 0 aliphatic carbocycles. The minimum atomic E-state index is -1.24. The summed E-state index contributed by atoms with van der Waals surface area (Å²) >= 11 is 0. The third kappa shape index (κ3) is 5.45. The van der Waals surface area contributed by atoms with Crippen molar-refractivity contribution in [3.8, 4) is 0 Å². The van der Waals surface area contributed by atoms with Crippen molar-refractivity contribution in [1.82, 2.24) is 15.1 Å². The van der Waals surface area contributed by atoms with E-state index in [2.05, 4.69) is 5.32 Å². The first-order chi connectivity index (χ1) is 14.2. The van der Waals surface area contributed by atoms with Crippen molar-refractivity contribution in [3.05, 3.63) is 0 Å². The summed E-state index contributed by atoms with van der Waals surface area (Å²) in [6.07, 6.45) is 1.58. The number of carboxylic acid groups (broad SMARTS) is 1. The van der Waals surface area contributed by atoms with Crippen molar-refractivity contribution in [1.29, 1.82) is 0 Å². The van der Waals surface area contributed by atoms with Crippen molar-refractivity contribution in [3.63, 3.8) is 0 Å². The average Bonchev–Trinajstić information content (AvgIpc) is 3.38. The lowest BCUT2D eigenvalue weighted by atomic mass is 10.1. The molecule has 30 heavy (non-hydrogen) atoms. The molecule has 2 saturated heterocycles. The van der Waals surface area contributed by atoms with Crippen LogP contribution in [0.4, 0.5) is 0 Å². The Hall–Kier alpha value is -2.73. The number of aliphatic hydroxyl groups is 1. The van der Waals surface area contributed by atoms with Gasteiger partial charge in [-0.15, -0.1) is 0 Å². The van der Waals surface area contributed by atoms with Crippen molar-refractivity contribution >= 4 is 29.6 Å². The van der Waals surface area contributed by atoms with E-state index in [1.165, 1.54) is 9.80 Å². The maximum atomic E-state index is 13.1. The van der Waals surface area contributed by atoms with E-state index in [0.29, 0.717) is 32.2 Å². The van der Waals surface area contributed by atoms with Gasteiger partial charge in [0.15, 0.2) is 0 Å². The number of aliphatic hydroxyl groups excluding tert-OH is 1. The van der Waals surface area contributed by atoms with Gasteiger partial charge in [-0.05, 0) is 32.1 Å². The van der Waals surface area contributed by atoms with E-state index in [-0.39, 0.29) is 19.4 Å². The summed E-state index contributed by atoms with van der Waals surface area (Å²) < 4.78 is 0. The summed E-state index contributed by atoms with van der Waals surface area (Å²) in [5.74, 6) is -3.52. The molecule has 4 atom stereocenters. The minimum Gasteiger partial charge on any atom is -0.480 e. The van der Waals surface area contributed by atoms with Gasteiger partial charge in [0.2, 0.25) is 23.6 Å². The molecule has 2 heterocycles. The van der Waals surface area contributed by atoms with Crippen LogP contribution in [-0.4, -0.2) is 93.5 Å². The maximum absolute atomic E-state index is 13.1. The van der Waals surface area contributed by atoms with Crippen LogP contribution >= 0.6 is 0 Å². The molecule has 7 N–H and O–H groups in total. The van der Waals surface area contributed by atoms with Crippen LogP contribution in [0.1, 0.15) is 38.5 Å². The second-order valence-electron chi connectivity index (χ2n) is 7.57. The topological polar surface area (TPSA) is 196 Å². The summed E-state index contributed by atoms with van der Waals surface area (Å²) in [5, 5.41) is 20.8. The largest absolute Gasteiger partial charge is 0.480 e. The van der Waals surface area contributed by atoms with Gasteiger partial charge >= 0.3 is 5.97 Å². The van der Waals surface area contributed by atoms with Crippen LogP contribution < -0.4 is 16.8 Å². The highest BCUT2D eigenvalue weighted by Gasteiger charge is 2.43. The Morgan fingerprint density at radius 2 is 1.63 bits per heavy atom. The van der Waals surface area contributed by atoms with Gasteiger partial charge in [-0.25, -0.2) is 4.79 Å². The van der Waals surface area contributed by atoms with Crippen LogP contribution in [0.5, 0.6) is 0 Å². The molecule has 2 aliphatic heterocycles. The standard InChI is InChI=1S/C18H29N5O7/c19-10(9-24)15(26)21-11(5-6-14(20)25)16(27)22-7-1-3-12(22)17(28)23-8-2-4-13(23)18(29)30/h10-13,24H,1-9,19H2,(H2,20,25)(H,21,26)(H,29,30). The quantitative estimate of drug-likeness (QED) is 0.258. The van der Waals surface area contributed by atoms with Crippen molar-refractivity contribution in [2.24, 2.45) is 11.5 Å². The first-order valence-electron chi connectivity index (χ1n) is 9.96. The number of nitrogens with two attached hydrogens (primary N) is 2. The number of primary amides is 1. The SMILES string of the molecule is NC(=O)CCC(NC(=O)C(N)CO)C(=O)N1CCCC1C(=O)N1CCCC1C(=O)O. The fourth-order valence-electron chi connectivity index (χ4n) is 3.87. The van der Waals surface area contributed by atoms with Gasteiger partial charge in [0, 0.05) is 19.5 Å². The van der Waals surface area contributed by atoms with Gasteiger partial charge in [-0.1, -0.05) is 0 Å². The molecule has 0 aromatic carbocycles. The summed E-state index contributed by atoms with van der Waals surface area (Å²) in [5.41, 5.74) is 10.6. The first-order valence-corrected chi connectivity index (χ1v) is 9.96. The fourth-order valence-corrected chi connectivity index (χ4v) is 3.87. The van der Waals surface area contributed by atoms with Gasteiger partial charge in [-0.2, -0.15) is 0 Å². The summed E-state index contributed by atoms with van der Waals surface area (Å²) in [6, 6.07) is -4.14. The molecule has 0 radical (unpaired) electrons. The zero-order valence-corrected chi connectivity index (χ0v) is 16.7. The van der Waals surface area contributed by atoms with Gasteiger partial charge in [0.25, 0.3) is 0 Å². The zero-order valence-electron chi connectivity index (χ0n) is 16.7. The van der Waals surface area contributed by atoms with Gasteiger partial charge < -0.3 is 36.8 Å². The number of rotatable bonds is 9. The molecule has 2 aliphatic rings. The monoisotopic (exact) mass is 427 g/mol. The Labute approximate surface area is 173 Å². The number of likely N-dealkylation sites (tertiary alicyclic amines) is 2. The molecule has 4 amide bonds. The lowest BCUT2D eigenvalue weighted by Gasteiger charge is -2.32. The number of carbonyl (C=O) groups excluding carboxylic acids is 4. The molecular weight excluding hydrogens is 398 g/mol. The highest BCUT2D eigenvalue weighted by molar-refractivity contribution is 5.95. The number of hydrogen-bond acceptors (Lipinski definition) is 7. The van der Waals surface area contributed by atoms with E-state index in [0.717, 1.165) is 0 Å². The fraction of sp³-hybridized carbons (Fsp3) is 0.722. The number of aliphatic carboxylic acids is 1. The van der Waals surface area contributed by atoms with Gasteiger partial charge in [0.1, 0.15) is 24.2 Å². The Morgan fingerprint density at radius 1 is 1.03 bits per heavy atom. The number of hydrogen-bond donors (Lipinski definition) is 5. The van der Waals surface area contributed by atoms with E-state index in [1.54, 1.807) is 0 Å². The molecule has 0 saturated carbocycles. The van der Waals surface area contributed by atoms with E-state index in [1.807, 2.05) is 0 Å². The smallest absolute Gasteiger partial charge is 0.326 e. The number of nitrogens with zero attached hydrogens (tertiary/aromatic N) is 2. The molecule has 2 fully saturated rings. The number of nitrogens with one attached hydrogen (secondary N) is 1. The molecule has 0 bridgehead atoms. The lowest BCUT2D eigenvalue weighted by molar-refractivity contribution is -0.152. The highest BCUT2D eigenvalue weighted by Crippen LogP contribution is 2.26. The molecule has 4 unspecified atom stereocenters. The maximum Gasteiger partial charge on any atom is 0.326 e. The second kappa shape index (κ2) is 10.3. The van der Waals surface area contributed by atoms with Crippen molar-refractivity contribution in [2.45, 2.75) is 62.7 Å². The number of amides is 4. The van der Waals surface area contributed by atoms with Crippen LogP contribution in [0.2, 0.25) is 0 Å². The van der Waals surface area contributed by atoms with E-state index >= 15 is 0 Å². The molecule has 168 valence electrons. The summed E-state index contributed by atoms with van der Waals surface area (Å²) in [6.45, 7) is -0.0593. The van der Waals surface area contributed by atoms with Crippen molar-refractivity contribution < 1.29 is 34.2 Å². The molecular formula is C18H29N5O7. The number of carbonyl (C=O) groups is 5. The lowest BCUT2D eigenvalue weighted by Crippen LogP contribution is -2.57. The van der Waals surface area contributed by atoms with Crippen LogP contribution in [0.15, 0.2) is 0 Å². The van der Waals surface area contributed by atoms with Crippen LogP contribution in [-0.2, 0) is 24.0 Å². The predicted octanol–water partition coefficient (Wildman–Crippen LogP) is -2.88. The van der Waals surface area contributed by atoms with E-state index in [9.17, 15) is 29.1 Å². The first kappa shape index (κ1) is 23.5. The van der Waals surface area contributed by atoms with Gasteiger partial charge in [-0.3, -0.25) is 19.2 Å². The summed E-state index contributed by atoms with van der Waals surface area (Å²) in [4.78, 5) is 63.4. The van der Waals surface area contributed by atoms with Crippen molar-refractivity contribution in [2.75, 3.05) is 19.7 Å². The van der Waals surface area contributed by atoms with Crippen LogP contribution in [0.25, 0.3) is 0 Å². The molecule has 0 aromatic heterocycles. The van der Waals surface area contributed by atoms with Gasteiger partial charge in [0.05, 0.1) is 6.61 Å². The molecule has 12 nitrogen and oxygen atoms in total. The molecule has 0 spiro atoms. The molecule has 2 rings (SSSR count). The van der Waals surface area contributed by atoms with Crippen LogP contribution in [0, 0.1) is 0 Å². The zero-order chi connectivity index (χ0) is 22.4. The molecule has 0 aromatic rings. The highest BCUT2D eigenvalue weighted by atomic mass is 16.4. The Bertz CT molecular complexity index is 700. The van der Waals surface area contributed by atoms with E-state index < -0.39 is 60.4 Å². The Kier molecular flexibility index (Phi) is 8.12. The van der Waals surface area contributed by atoms with Crippen LogP contribution in [0.3, 0.4) is 0 Å². The third-order valence-corrected chi connectivity index (χ3v) is 5.47. The third-order valence-electron chi connectivity index (χ3n) is 5.47. The summed E-state index contributed by atoms with van der Waals surface area (Å²) in [7, 11) is 0. The Balaban J connectivity index is 2.16. The predicted molar refractivity (Wildman–Crippen MR) is 103 cm³/mol.